The largest absolute Gasteiger partial charge is 0.262 e. The molecule has 0 unspecified atom stereocenters. The van der Waals surface area contributed by atoms with Gasteiger partial charge in [0, 0.05) is 11.9 Å². The number of nitrogens with zero attached hydrogens (tertiary/aromatic N) is 6. The first-order valence-electron chi connectivity index (χ1n) is 3.97. The van der Waals surface area contributed by atoms with Crippen molar-refractivity contribution in [1.29, 1.82) is 0 Å². The molecule has 0 fully saturated rings. The fraction of sp³-hybridized carbons (Fsp3) is 0.429. The molecular formula is C7H10N6. The van der Waals surface area contributed by atoms with E-state index >= 15 is 0 Å². The highest BCUT2D eigenvalue weighted by molar-refractivity contribution is 4.98. The number of aryl methyl sites for hydroxylation is 2. The summed E-state index contributed by atoms with van der Waals surface area (Å²) in [6, 6.07) is 1.94. The first-order chi connectivity index (χ1) is 6.25. The van der Waals surface area contributed by atoms with E-state index in [2.05, 4.69) is 20.5 Å². The van der Waals surface area contributed by atoms with Crippen LogP contribution in [-0.4, -0.2) is 30.0 Å². The summed E-state index contributed by atoms with van der Waals surface area (Å²) in [5.41, 5.74) is 1.09. The van der Waals surface area contributed by atoms with Crippen molar-refractivity contribution in [2.24, 2.45) is 7.05 Å². The molecule has 2 aromatic heterocycles. The summed E-state index contributed by atoms with van der Waals surface area (Å²) in [5.74, 6) is 0.675. The van der Waals surface area contributed by atoms with E-state index in [0.717, 1.165) is 5.69 Å². The summed E-state index contributed by atoms with van der Waals surface area (Å²) in [5, 5.41) is 15.8. The van der Waals surface area contributed by atoms with E-state index in [1.54, 1.807) is 13.2 Å². The molecule has 0 aliphatic heterocycles. The first kappa shape index (κ1) is 7.90. The Morgan fingerprint density at radius 3 is 2.85 bits per heavy atom. The molecule has 13 heavy (non-hydrogen) atoms. The van der Waals surface area contributed by atoms with E-state index in [1.165, 1.54) is 4.80 Å². The Morgan fingerprint density at radius 1 is 1.46 bits per heavy atom. The van der Waals surface area contributed by atoms with Gasteiger partial charge in [0.15, 0.2) is 5.82 Å². The van der Waals surface area contributed by atoms with Gasteiger partial charge in [0.25, 0.3) is 0 Å². The monoisotopic (exact) mass is 178 g/mol. The van der Waals surface area contributed by atoms with Gasteiger partial charge >= 0.3 is 0 Å². The van der Waals surface area contributed by atoms with Crippen LogP contribution in [0.1, 0.15) is 11.5 Å². The van der Waals surface area contributed by atoms with Crippen LogP contribution < -0.4 is 0 Å². The molecule has 0 aliphatic carbocycles. The topological polar surface area (TPSA) is 61.4 Å². The van der Waals surface area contributed by atoms with Gasteiger partial charge in [-0.2, -0.15) is 9.90 Å². The Kier molecular flexibility index (Phi) is 1.80. The first-order valence-corrected chi connectivity index (χ1v) is 3.97. The van der Waals surface area contributed by atoms with E-state index in [4.69, 9.17) is 0 Å². The zero-order valence-electron chi connectivity index (χ0n) is 7.55. The van der Waals surface area contributed by atoms with Crippen LogP contribution in [0.4, 0.5) is 0 Å². The fourth-order valence-electron chi connectivity index (χ4n) is 1.08. The van der Waals surface area contributed by atoms with Gasteiger partial charge in [-0.15, -0.1) is 10.2 Å². The lowest BCUT2D eigenvalue weighted by atomic mass is 10.5. The fourth-order valence-corrected chi connectivity index (χ4v) is 1.08. The minimum Gasteiger partial charge on any atom is -0.262 e. The van der Waals surface area contributed by atoms with Gasteiger partial charge in [-0.3, -0.25) is 4.68 Å². The van der Waals surface area contributed by atoms with Gasteiger partial charge < -0.3 is 0 Å². The summed E-state index contributed by atoms with van der Waals surface area (Å²) >= 11 is 0. The Morgan fingerprint density at radius 2 is 2.31 bits per heavy atom. The molecular weight excluding hydrogens is 168 g/mol. The van der Waals surface area contributed by atoms with Crippen molar-refractivity contribution in [2.75, 3.05) is 0 Å². The van der Waals surface area contributed by atoms with Crippen LogP contribution in [0, 0.1) is 6.92 Å². The van der Waals surface area contributed by atoms with E-state index in [-0.39, 0.29) is 0 Å². The van der Waals surface area contributed by atoms with Crippen LogP contribution in [0.3, 0.4) is 0 Å². The summed E-state index contributed by atoms with van der Waals surface area (Å²) in [6.45, 7) is 2.57. The third-order valence-electron chi connectivity index (χ3n) is 1.77. The average Bonchev–Trinajstić information content (AvgIpc) is 2.64. The van der Waals surface area contributed by atoms with Crippen molar-refractivity contribution < 1.29 is 0 Å². The summed E-state index contributed by atoms with van der Waals surface area (Å²) in [7, 11) is 1.74. The van der Waals surface area contributed by atoms with Crippen molar-refractivity contribution in [3.8, 4) is 0 Å². The predicted molar refractivity (Wildman–Crippen MR) is 44.9 cm³/mol. The lowest BCUT2D eigenvalue weighted by molar-refractivity contribution is 0.612. The second-order valence-electron chi connectivity index (χ2n) is 2.83. The Bertz CT molecular complexity index is 401. The van der Waals surface area contributed by atoms with Gasteiger partial charge in [0.2, 0.25) is 0 Å². The summed E-state index contributed by atoms with van der Waals surface area (Å²) < 4.78 is 1.83. The van der Waals surface area contributed by atoms with Gasteiger partial charge in [-0.05, 0) is 18.2 Å². The van der Waals surface area contributed by atoms with Crippen LogP contribution in [0.15, 0.2) is 12.3 Å². The van der Waals surface area contributed by atoms with Crippen molar-refractivity contribution in [3.05, 3.63) is 23.8 Å². The highest BCUT2D eigenvalue weighted by atomic mass is 15.6. The zero-order valence-corrected chi connectivity index (χ0v) is 7.55. The quantitative estimate of drug-likeness (QED) is 0.637. The van der Waals surface area contributed by atoms with Crippen molar-refractivity contribution in [2.45, 2.75) is 13.5 Å². The maximum atomic E-state index is 4.12. The number of tetrazole rings is 1. The lowest BCUT2D eigenvalue weighted by Crippen LogP contribution is -2.05. The molecule has 6 heteroatoms. The molecule has 0 radical (unpaired) electrons. The SMILES string of the molecule is Cc1ccnn1Cc1nnn(C)n1. The molecule has 2 aromatic rings. The second-order valence-corrected chi connectivity index (χ2v) is 2.83. The smallest absolute Gasteiger partial charge is 0.196 e. The van der Waals surface area contributed by atoms with E-state index in [1.807, 2.05) is 17.7 Å². The highest BCUT2D eigenvalue weighted by Crippen LogP contribution is 1.98. The molecule has 0 saturated heterocycles. The number of aromatic nitrogens is 6. The van der Waals surface area contributed by atoms with Crippen molar-refractivity contribution in [1.82, 2.24) is 30.0 Å². The number of hydrogen-bond donors (Lipinski definition) is 0. The molecule has 0 spiro atoms. The average molecular weight is 178 g/mol. The summed E-state index contributed by atoms with van der Waals surface area (Å²) in [6.07, 6.45) is 1.76. The third kappa shape index (κ3) is 1.56. The Labute approximate surface area is 75.2 Å². The van der Waals surface area contributed by atoms with E-state index in [9.17, 15) is 0 Å². The Balaban J connectivity index is 2.19. The van der Waals surface area contributed by atoms with Crippen LogP contribution >= 0.6 is 0 Å². The molecule has 0 amide bonds. The predicted octanol–water partition coefficient (Wildman–Crippen LogP) is -0.237. The minimum absolute atomic E-state index is 0.576. The minimum atomic E-state index is 0.576. The Hall–Kier alpha value is -1.72. The van der Waals surface area contributed by atoms with Crippen molar-refractivity contribution in [3.63, 3.8) is 0 Å². The van der Waals surface area contributed by atoms with Gasteiger partial charge in [0.05, 0.1) is 7.05 Å². The van der Waals surface area contributed by atoms with Crippen LogP contribution in [0.5, 0.6) is 0 Å². The van der Waals surface area contributed by atoms with Gasteiger partial charge in [0.1, 0.15) is 6.54 Å². The van der Waals surface area contributed by atoms with Crippen LogP contribution in [-0.2, 0) is 13.6 Å². The normalized spacial score (nSPS) is 10.6. The van der Waals surface area contributed by atoms with E-state index in [0.29, 0.717) is 12.4 Å². The maximum Gasteiger partial charge on any atom is 0.196 e. The molecule has 0 N–H and O–H groups in total. The van der Waals surface area contributed by atoms with Crippen LogP contribution in [0.25, 0.3) is 0 Å². The number of hydrogen-bond acceptors (Lipinski definition) is 4. The molecule has 2 rings (SSSR count). The zero-order chi connectivity index (χ0) is 9.26. The maximum absolute atomic E-state index is 4.12. The number of rotatable bonds is 2. The molecule has 0 atom stereocenters. The van der Waals surface area contributed by atoms with E-state index < -0.39 is 0 Å². The molecule has 0 bridgehead atoms. The molecule has 2 heterocycles. The third-order valence-corrected chi connectivity index (χ3v) is 1.77. The lowest BCUT2D eigenvalue weighted by Gasteiger charge is -1.98. The molecule has 68 valence electrons. The highest BCUT2D eigenvalue weighted by Gasteiger charge is 2.03. The molecule has 0 aliphatic rings. The molecule has 0 saturated carbocycles. The van der Waals surface area contributed by atoms with Crippen molar-refractivity contribution >= 4 is 0 Å². The standard InChI is InChI=1S/C7H10N6/c1-6-3-4-8-13(6)5-7-9-11-12(2)10-7/h3-4H,5H2,1-2H3. The molecule has 0 aromatic carbocycles. The summed E-state index contributed by atoms with van der Waals surface area (Å²) in [4.78, 5) is 1.44. The van der Waals surface area contributed by atoms with Gasteiger partial charge in [-0.25, -0.2) is 0 Å². The van der Waals surface area contributed by atoms with Crippen LogP contribution in [0.2, 0.25) is 0 Å². The molecule has 6 nitrogen and oxygen atoms in total. The van der Waals surface area contributed by atoms with Gasteiger partial charge in [-0.1, -0.05) is 0 Å². The second kappa shape index (κ2) is 2.96.